The smallest absolute Gasteiger partial charge is 0.307 e. The summed E-state index contributed by atoms with van der Waals surface area (Å²) >= 11 is 11.8. The van der Waals surface area contributed by atoms with Gasteiger partial charge in [-0.3, -0.25) is 15.2 Å². The van der Waals surface area contributed by atoms with E-state index in [1.165, 1.54) is 6.07 Å². The minimum Gasteiger partial charge on any atom is -0.307 e. The molecule has 154 valence electrons. The highest BCUT2D eigenvalue weighted by atomic mass is 35.5. The minimum atomic E-state index is -0.641. The van der Waals surface area contributed by atoms with Crippen molar-refractivity contribution in [1.82, 2.24) is 20.8 Å². The van der Waals surface area contributed by atoms with Crippen LogP contribution >= 0.6 is 23.2 Å². The molecule has 2 aromatic heterocycles. The van der Waals surface area contributed by atoms with Crippen molar-refractivity contribution in [2.45, 2.75) is 0 Å². The van der Waals surface area contributed by atoms with Crippen LogP contribution in [0.3, 0.4) is 0 Å². The molecular formula is C22H15Cl2N5O2. The Bertz CT molecular complexity index is 1280. The molecule has 0 aliphatic carbocycles. The number of halogens is 2. The van der Waals surface area contributed by atoms with Crippen LogP contribution in [-0.4, -0.2) is 21.9 Å². The van der Waals surface area contributed by atoms with Crippen molar-refractivity contribution in [3.63, 3.8) is 0 Å². The van der Waals surface area contributed by atoms with Crippen molar-refractivity contribution >= 4 is 51.7 Å². The summed E-state index contributed by atoms with van der Waals surface area (Å²) in [5, 5.41) is 3.89. The van der Waals surface area contributed by atoms with E-state index >= 15 is 0 Å². The Morgan fingerprint density at radius 1 is 0.871 bits per heavy atom. The summed E-state index contributed by atoms with van der Waals surface area (Å²) < 4.78 is 0. The van der Waals surface area contributed by atoms with Crippen LogP contribution in [0.2, 0.25) is 10.0 Å². The van der Waals surface area contributed by atoms with Gasteiger partial charge in [0.05, 0.1) is 26.8 Å². The second-order valence-corrected chi connectivity index (χ2v) is 7.29. The number of pyridine rings is 2. The fraction of sp³-hybridized carbons (Fsp3) is 0. The van der Waals surface area contributed by atoms with E-state index in [0.29, 0.717) is 37.9 Å². The first-order valence-electron chi connectivity index (χ1n) is 9.14. The van der Waals surface area contributed by atoms with Gasteiger partial charge >= 0.3 is 6.03 Å². The van der Waals surface area contributed by atoms with Crippen LogP contribution in [0.5, 0.6) is 0 Å². The first-order valence-corrected chi connectivity index (χ1v) is 9.89. The molecule has 7 nitrogen and oxygen atoms in total. The summed E-state index contributed by atoms with van der Waals surface area (Å²) in [6, 6.07) is 16.6. The van der Waals surface area contributed by atoms with E-state index in [9.17, 15) is 9.59 Å². The van der Waals surface area contributed by atoms with Crippen LogP contribution in [0.1, 0.15) is 10.4 Å². The Morgan fingerprint density at radius 3 is 2.48 bits per heavy atom. The molecule has 0 atom stereocenters. The number of anilines is 1. The van der Waals surface area contributed by atoms with Gasteiger partial charge in [0.25, 0.3) is 5.91 Å². The van der Waals surface area contributed by atoms with E-state index < -0.39 is 11.9 Å². The van der Waals surface area contributed by atoms with Crippen LogP contribution in [0.4, 0.5) is 10.5 Å². The van der Waals surface area contributed by atoms with Gasteiger partial charge in [-0.05, 0) is 42.5 Å². The maximum atomic E-state index is 12.9. The normalized spacial score (nSPS) is 10.5. The molecule has 2 aromatic carbocycles. The maximum Gasteiger partial charge on any atom is 0.337 e. The standard InChI is InChI=1S/C22H15Cl2N5O2/c23-17-8-7-14(10-18(17)24)26-22(31)29-28-21(30)16-11-20(13-4-3-9-25-12-13)27-19-6-2-1-5-15(16)19/h1-12H,(H,28,30)(H2,26,29,31). The Balaban J connectivity index is 1.54. The Hall–Kier alpha value is -3.68. The molecule has 0 bridgehead atoms. The molecule has 3 N–H and O–H groups in total. The number of amides is 3. The van der Waals surface area contributed by atoms with Crippen molar-refractivity contribution in [1.29, 1.82) is 0 Å². The molecule has 9 heteroatoms. The van der Waals surface area contributed by atoms with E-state index in [1.807, 2.05) is 24.3 Å². The highest BCUT2D eigenvalue weighted by molar-refractivity contribution is 6.42. The molecular weight excluding hydrogens is 437 g/mol. The van der Waals surface area contributed by atoms with Gasteiger partial charge in [-0.15, -0.1) is 0 Å². The summed E-state index contributed by atoms with van der Waals surface area (Å²) in [4.78, 5) is 33.7. The SMILES string of the molecule is O=C(NNC(=O)c1cc(-c2cccnc2)nc2ccccc12)Nc1ccc(Cl)c(Cl)c1. The van der Waals surface area contributed by atoms with E-state index in [2.05, 4.69) is 26.1 Å². The van der Waals surface area contributed by atoms with Crippen molar-refractivity contribution in [3.8, 4) is 11.3 Å². The van der Waals surface area contributed by atoms with Crippen molar-refractivity contribution in [3.05, 3.63) is 88.7 Å². The van der Waals surface area contributed by atoms with Gasteiger partial charge in [0.2, 0.25) is 0 Å². The molecule has 0 spiro atoms. The number of carbonyl (C=O) groups is 2. The molecule has 0 unspecified atom stereocenters. The lowest BCUT2D eigenvalue weighted by Crippen LogP contribution is -2.44. The number of nitrogens with zero attached hydrogens (tertiary/aromatic N) is 2. The third-order valence-corrected chi connectivity index (χ3v) is 5.12. The van der Waals surface area contributed by atoms with Crippen molar-refractivity contribution in [2.24, 2.45) is 0 Å². The highest BCUT2D eigenvalue weighted by Gasteiger charge is 2.15. The first kappa shape index (κ1) is 20.6. The van der Waals surface area contributed by atoms with Gasteiger partial charge in [-0.1, -0.05) is 41.4 Å². The van der Waals surface area contributed by atoms with Crippen molar-refractivity contribution < 1.29 is 9.59 Å². The summed E-state index contributed by atoms with van der Waals surface area (Å²) in [5.74, 6) is -0.493. The number of hydrogen-bond acceptors (Lipinski definition) is 4. The third kappa shape index (κ3) is 4.74. The molecule has 0 radical (unpaired) electrons. The largest absolute Gasteiger partial charge is 0.337 e. The lowest BCUT2D eigenvalue weighted by molar-refractivity contribution is 0.0939. The number of rotatable bonds is 3. The number of urea groups is 1. The maximum absolute atomic E-state index is 12.9. The molecule has 0 saturated carbocycles. The Labute approximate surface area is 187 Å². The molecule has 4 aromatic rings. The number of hydrogen-bond donors (Lipinski definition) is 3. The second kappa shape index (κ2) is 8.99. The number of benzene rings is 2. The Morgan fingerprint density at radius 2 is 1.71 bits per heavy atom. The molecule has 0 saturated heterocycles. The quantitative estimate of drug-likeness (QED) is 0.378. The van der Waals surface area contributed by atoms with E-state index in [4.69, 9.17) is 23.2 Å². The van der Waals surface area contributed by atoms with Crippen LogP contribution < -0.4 is 16.2 Å². The number of fused-ring (bicyclic) bond motifs is 1. The van der Waals surface area contributed by atoms with Crippen LogP contribution in [0.25, 0.3) is 22.2 Å². The fourth-order valence-electron chi connectivity index (χ4n) is 2.94. The van der Waals surface area contributed by atoms with Gasteiger partial charge in [0.1, 0.15) is 0 Å². The summed E-state index contributed by atoms with van der Waals surface area (Å²) in [6.45, 7) is 0. The van der Waals surface area contributed by atoms with Crippen LogP contribution in [-0.2, 0) is 0 Å². The zero-order chi connectivity index (χ0) is 21.8. The molecule has 0 aliphatic rings. The molecule has 0 aliphatic heterocycles. The van der Waals surface area contributed by atoms with Gasteiger partial charge in [-0.25, -0.2) is 15.2 Å². The average molecular weight is 452 g/mol. The predicted octanol–water partition coefficient (Wildman–Crippen LogP) is 5.07. The van der Waals surface area contributed by atoms with E-state index in [0.717, 1.165) is 5.56 Å². The molecule has 2 heterocycles. The second-order valence-electron chi connectivity index (χ2n) is 6.48. The Kier molecular flexibility index (Phi) is 5.97. The lowest BCUT2D eigenvalue weighted by atomic mass is 10.0. The summed E-state index contributed by atoms with van der Waals surface area (Å²) in [5.41, 5.74) is 7.54. The van der Waals surface area contributed by atoms with E-state index in [1.54, 1.807) is 42.7 Å². The number of carbonyl (C=O) groups excluding carboxylic acids is 2. The van der Waals surface area contributed by atoms with Crippen LogP contribution in [0.15, 0.2) is 73.1 Å². The van der Waals surface area contributed by atoms with Crippen molar-refractivity contribution in [2.75, 3.05) is 5.32 Å². The monoisotopic (exact) mass is 451 g/mol. The van der Waals surface area contributed by atoms with Crippen LogP contribution in [0, 0.1) is 0 Å². The minimum absolute atomic E-state index is 0.301. The number of para-hydroxylation sites is 1. The highest BCUT2D eigenvalue weighted by Crippen LogP contribution is 2.25. The summed E-state index contributed by atoms with van der Waals surface area (Å²) in [6.07, 6.45) is 3.33. The molecule has 4 rings (SSSR count). The predicted molar refractivity (Wildman–Crippen MR) is 121 cm³/mol. The molecule has 0 fully saturated rings. The van der Waals surface area contributed by atoms with Gasteiger partial charge in [-0.2, -0.15) is 0 Å². The zero-order valence-corrected chi connectivity index (χ0v) is 17.4. The van der Waals surface area contributed by atoms with E-state index in [-0.39, 0.29) is 0 Å². The molecule has 31 heavy (non-hydrogen) atoms. The van der Waals surface area contributed by atoms with Gasteiger partial charge in [0, 0.05) is 29.0 Å². The lowest BCUT2D eigenvalue weighted by Gasteiger charge is -2.12. The number of nitrogens with one attached hydrogen (secondary N) is 3. The van der Waals surface area contributed by atoms with Gasteiger partial charge in [0.15, 0.2) is 0 Å². The zero-order valence-electron chi connectivity index (χ0n) is 15.9. The molecule has 3 amide bonds. The topological polar surface area (TPSA) is 96.0 Å². The van der Waals surface area contributed by atoms with Gasteiger partial charge < -0.3 is 5.32 Å². The summed E-state index contributed by atoms with van der Waals surface area (Å²) in [7, 11) is 0. The number of aromatic nitrogens is 2. The fourth-order valence-corrected chi connectivity index (χ4v) is 3.24. The third-order valence-electron chi connectivity index (χ3n) is 4.39. The average Bonchev–Trinajstić information content (AvgIpc) is 2.79. The first-order chi connectivity index (χ1) is 15.0. The number of hydrazine groups is 1.